The minimum atomic E-state index is -0.890. The van der Waals surface area contributed by atoms with Crippen molar-refractivity contribution in [3.05, 3.63) is 29.8 Å². The summed E-state index contributed by atoms with van der Waals surface area (Å²) >= 11 is 0. The zero-order valence-electron chi connectivity index (χ0n) is 11.8. The van der Waals surface area contributed by atoms with Crippen molar-refractivity contribution < 1.29 is 20.1 Å². The molecule has 0 aliphatic heterocycles. The van der Waals surface area contributed by atoms with Crippen LogP contribution in [-0.4, -0.2) is 41.0 Å². The lowest BCUT2D eigenvalue weighted by molar-refractivity contribution is 0.154. The molecule has 0 aromatic heterocycles. The Kier molecular flexibility index (Phi) is 5.79. The van der Waals surface area contributed by atoms with Crippen molar-refractivity contribution in [1.82, 2.24) is 10.6 Å². The average Bonchev–Trinajstić information content (AvgIpc) is 2.42. The molecule has 6 heteroatoms. The number of hydrogen-bond donors (Lipinski definition) is 5. The van der Waals surface area contributed by atoms with E-state index >= 15 is 0 Å². The predicted octanol–water partition coefficient (Wildman–Crippen LogP) is 0.743. The van der Waals surface area contributed by atoms with E-state index in [9.17, 15) is 15.0 Å². The van der Waals surface area contributed by atoms with Gasteiger partial charge in [-0.2, -0.15) is 0 Å². The summed E-state index contributed by atoms with van der Waals surface area (Å²) in [7, 11) is 0. The fourth-order valence-electron chi connectivity index (χ4n) is 1.48. The first-order valence-corrected chi connectivity index (χ1v) is 6.43. The smallest absolute Gasteiger partial charge is 0.314 e. The number of amides is 2. The topological polar surface area (TPSA) is 102 Å². The lowest BCUT2D eigenvalue weighted by Crippen LogP contribution is -2.43. The molecule has 1 atom stereocenters. The van der Waals surface area contributed by atoms with Gasteiger partial charge >= 0.3 is 6.03 Å². The SMILES string of the molecule is CC(C)(CO)CNC(=O)NC[C@@H](O)c1cccc(O)c1. The normalized spacial score (nSPS) is 12.8. The quantitative estimate of drug-likeness (QED) is 0.531. The Labute approximate surface area is 118 Å². The molecule has 1 aromatic rings. The monoisotopic (exact) mass is 282 g/mol. The average molecular weight is 282 g/mol. The molecule has 5 N–H and O–H groups in total. The van der Waals surface area contributed by atoms with Gasteiger partial charge in [0.2, 0.25) is 0 Å². The number of benzene rings is 1. The predicted molar refractivity (Wildman–Crippen MR) is 75.3 cm³/mol. The largest absolute Gasteiger partial charge is 0.508 e. The third kappa shape index (κ3) is 5.46. The third-order valence-corrected chi connectivity index (χ3v) is 2.87. The van der Waals surface area contributed by atoms with Crippen molar-refractivity contribution in [2.45, 2.75) is 20.0 Å². The summed E-state index contributed by atoms with van der Waals surface area (Å²) in [6.45, 7) is 4.00. The van der Waals surface area contributed by atoms with Crippen LogP contribution >= 0.6 is 0 Å². The second-order valence-electron chi connectivity index (χ2n) is 5.50. The summed E-state index contributed by atoms with van der Waals surface area (Å²) < 4.78 is 0. The van der Waals surface area contributed by atoms with E-state index in [0.717, 1.165) is 0 Å². The summed E-state index contributed by atoms with van der Waals surface area (Å²) in [5.74, 6) is 0.0655. The van der Waals surface area contributed by atoms with Crippen LogP contribution in [0.2, 0.25) is 0 Å². The maximum atomic E-state index is 11.5. The van der Waals surface area contributed by atoms with E-state index in [1.165, 1.54) is 12.1 Å². The van der Waals surface area contributed by atoms with Gasteiger partial charge in [0.1, 0.15) is 5.75 Å². The molecule has 1 rings (SSSR count). The number of urea groups is 1. The molecule has 1 aromatic carbocycles. The van der Waals surface area contributed by atoms with Crippen molar-refractivity contribution in [2.24, 2.45) is 5.41 Å². The molecule has 0 saturated heterocycles. The maximum absolute atomic E-state index is 11.5. The summed E-state index contributed by atoms with van der Waals surface area (Å²) in [5.41, 5.74) is 0.141. The molecule has 112 valence electrons. The van der Waals surface area contributed by atoms with Crippen LogP contribution in [0.15, 0.2) is 24.3 Å². The van der Waals surface area contributed by atoms with Crippen LogP contribution in [0.3, 0.4) is 0 Å². The number of phenolic OH excluding ortho intramolecular Hbond substituents is 1. The Morgan fingerprint density at radius 2 is 2.05 bits per heavy atom. The Morgan fingerprint density at radius 3 is 2.65 bits per heavy atom. The number of aliphatic hydroxyl groups excluding tert-OH is 2. The molecule has 0 spiro atoms. The Morgan fingerprint density at radius 1 is 1.35 bits per heavy atom. The van der Waals surface area contributed by atoms with Gasteiger partial charge in [-0.1, -0.05) is 26.0 Å². The maximum Gasteiger partial charge on any atom is 0.314 e. The first kappa shape index (κ1) is 16.3. The second-order valence-corrected chi connectivity index (χ2v) is 5.50. The van der Waals surface area contributed by atoms with Crippen molar-refractivity contribution >= 4 is 6.03 Å². The molecule has 0 aliphatic carbocycles. The summed E-state index contributed by atoms with van der Waals surface area (Å²) in [4.78, 5) is 11.5. The van der Waals surface area contributed by atoms with Crippen LogP contribution in [0, 0.1) is 5.41 Å². The highest BCUT2D eigenvalue weighted by Crippen LogP contribution is 2.17. The molecule has 0 saturated carbocycles. The van der Waals surface area contributed by atoms with E-state index in [4.69, 9.17) is 5.11 Å². The summed E-state index contributed by atoms with van der Waals surface area (Å²) in [6, 6.07) is 5.83. The fraction of sp³-hybridized carbons (Fsp3) is 0.500. The fourth-order valence-corrected chi connectivity index (χ4v) is 1.48. The van der Waals surface area contributed by atoms with Crippen molar-refractivity contribution in [3.63, 3.8) is 0 Å². The highest BCUT2D eigenvalue weighted by molar-refractivity contribution is 5.73. The molecule has 6 nitrogen and oxygen atoms in total. The number of phenols is 1. The first-order valence-electron chi connectivity index (χ1n) is 6.43. The van der Waals surface area contributed by atoms with Gasteiger partial charge in [-0.15, -0.1) is 0 Å². The van der Waals surface area contributed by atoms with Gasteiger partial charge in [0.25, 0.3) is 0 Å². The Hall–Kier alpha value is -1.79. The zero-order chi connectivity index (χ0) is 15.2. The van der Waals surface area contributed by atoms with Crippen LogP contribution in [0.5, 0.6) is 5.75 Å². The van der Waals surface area contributed by atoms with Crippen LogP contribution in [0.25, 0.3) is 0 Å². The lowest BCUT2D eigenvalue weighted by atomic mass is 9.95. The molecule has 0 unspecified atom stereocenters. The molecule has 0 heterocycles. The summed E-state index contributed by atoms with van der Waals surface area (Å²) in [6.07, 6.45) is -0.890. The molecule has 0 radical (unpaired) electrons. The number of carbonyl (C=O) groups is 1. The minimum Gasteiger partial charge on any atom is -0.508 e. The number of nitrogens with one attached hydrogen (secondary N) is 2. The lowest BCUT2D eigenvalue weighted by Gasteiger charge is -2.22. The van der Waals surface area contributed by atoms with E-state index in [-0.39, 0.29) is 24.3 Å². The van der Waals surface area contributed by atoms with Gasteiger partial charge in [-0.25, -0.2) is 4.79 Å². The molecule has 0 bridgehead atoms. The Balaban J connectivity index is 2.37. The minimum absolute atomic E-state index is 0.0286. The van der Waals surface area contributed by atoms with Gasteiger partial charge in [-0.05, 0) is 17.7 Å². The van der Waals surface area contributed by atoms with E-state index in [1.807, 2.05) is 13.8 Å². The van der Waals surface area contributed by atoms with Crippen LogP contribution in [-0.2, 0) is 0 Å². The third-order valence-electron chi connectivity index (χ3n) is 2.87. The van der Waals surface area contributed by atoms with E-state index in [0.29, 0.717) is 12.1 Å². The molecule has 0 aliphatic rings. The molecular formula is C14H22N2O4. The number of aliphatic hydroxyl groups is 2. The van der Waals surface area contributed by atoms with Crippen LogP contribution < -0.4 is 10.6 Å². The van der Waals surface area contributed by atoms with E-state index in [1.54, 1.807) is 12.1 Å². The summed E-state index contributed by atoms with van der Waals surface area (Å²) in [5, 5.41) is 33.4. The highest BCUT2D eigenvalue weighted by atomic mass is 16.3. The molecular weight excluding hydrogens is 260 g/mol. The van der Waals surface area contributed by atoms with Crippen molar-refractivity contribution in [1.29, 1.82) is 0 Å². The van der Waals surface area contributed by atoms with Crippen LogP contribution in [0.1, 0.15) is 25.5 Å². The van der Waals surface area contributed by atoms with E-state index in [2.05, 4.69) is 10.6 Å². The first-order chi connectivity index (χ1) is 9.34. The van der Waals surface area contributed by atoms with Gasteiger partial charge in [-0.3, -0.25) is 0 Å². The number of hydrogen-bond acceptors (Lipinski definition) is 4. The molecule has 2 amide bonds. The van der Waals surface area contributed by atoms with Gasteiger partial charge in [0.05, 0.1) is 6.10 Å². The molecule has 20 heavy (non-hydrogen) atoms. The number of rotatable bonds is 6. The van der Waals surface area contributed by atoms with Crippen molar-refractivity contribution in [2.75, 3.05) is 19.7 Å². The van der Waals surface area contributed by atoms with E-state index < -0.39 is 12.1 Å². The number of carbonyl (C=O) groups excluding carboxylic acids is 1. The van der Waals surface area contributed by atoms with Gasteiger partial charge in [0, 0.05) is 25.1 Å². The second kappa shape index (κ2) is 7.12. The van der Waals surface area contributed by atoms with Gasteiger partial charge < -0.3 is 26.0 Å². The standard InChI is InChI=1S/C14H22N2O4/c1-14(2,9-17)8-16-13(20)15-7-12(19)10-4-3-5-11(18)6-10/h3-6,12,17-19H,7-9H2,1-2H3,(H2,15,16,20)/t12-/m1/s1. The highest BCUT2D eigenvalue weighted by Gasteiger charge is 2.17. The number of aromatic hydroxyl groups is 1. The van der Waals surface area contributed by atoms with Crippen LogP contribution in [0.4, 0.5) is 4.79 Å². The van der Waals surface area contributed by atoms with Crippen molar-refractivity contribution in [3.8, 4) is 5.75 Å². The van der Waals surface area contributed by atoms with Gasteiger partial charge in [0.15, 0.2) is 0 Å². The Bertz CT molecular complexity index is 449. The zero-order valence-corrected chi connectivity index (χ0v) is 11.8. The molecule has 0 fully saturated rings.